The van der Waals surface area contributed by atoms with E-state index < -0.39 is 6.10 Å². The summed E-state index contributed by atoms with van der Waals surface area (Å²) in [5.74, 6) is 0. The molecule has 0 radical (unpaired) electrons. The average molecular weight is 273 g/mol. The topological polar surface area (TPSA) is 48.9 Å². The van der Waals surface area contributed by atoms with Crippen molar-refractivity contribution in [1.82, 2.24) is 10.2 Å². The number of rotatable bonds is 3. The van der Waals surface area contributed by atoms with Crippen molar-refractivity contribution in [2.75, 3.05) is 0 Å². The number of aromatic nitrogens is 2. The van der Waals surface area contributed by atoms with Crippen LogP contribution in [-0.4, -0.2) is 15.3 Å². The van der Waals surface area contributed by atoms with Crippen LogP contribution in [0.25, 0.3) is 0 Å². The van der Waals surface area contributed by atoms with E-state index in [4.69, 9.17) is 0 Å². The van der Waals surface area contributed by atoms with Crippen LogP contribution in [0.15, 0.2) is 28.3 Å². The van der Waals surface area contributed by atoms with Crippen LogP contribution >= 0.6 is 27.3 Å². The Labute approximate surface area is 93.9 Å². The largest absolute Gasteiger partial charge is 0.388 e. The quantitative estimate of drug-likeness (QED) is 0.902. The Balaban J connectivity index is 2.09. The van der Waals surface area contributed by atoms with Gasteiger partial charge in [-0.3, -0.25) is 5.10 Å². The third-order valence-electron chi connectivity index (χ3n) is 1.97. The summed E-state index contributed by atoms with van der Waals surface area (Å²) in [6, 6.07) is 1.99. The second-order valence-corrected chi connectivity index (χ2v) is 4.80. The summed E-state index contributed by atoms with van der Waals surface area (Å²) >= 11 is 5.07. The molecule has 2 N–H and O–H groups in total. The summed E-state index contributed by atoms with van der Waals surface area (Å²) in [6.07, 6.45) is 3.50. The fraction of sp³-hybridized carbons (Fsp3) is 0.222. The van der Waals surface area contributed by atoms with E-state index in [0.717, 1.165) is 14.9 Å². The Morgan fingerprint density at radius 3 is 3.07 bits per heavy atom. The van der Waals surface area contributed by atoms with Crippen molar-refractivity contribution in [1.29, 1.82) is 0 Å². The van der Waals surface area contributed by atoms with Gasteiger partial charge in [0, 0.05) is 27.5 Å². The molecule has 2 aromatic heterocycles. The maximum atomic E-state index is 9.83. The van der Waals surface area contributed by atoms with Gasteiger partial charge in [-0.2, -0.15) is 5.10 Å². The molecule has 0 amide bonds. The van der Waals surface area contributed by atoms with E-state index in [1.807, 2.05) is 11.4 Å². The van der Waals surface area contributed by atoms with Crippen LogP contribution in [0.2, 0.25) is 0 Å². The number of H-pyrrole nitrogens is 1. The highest BCUT2D eigenvalue weighted by atomic mass is 79.9. The summed E-state index contributed by atoms with van der Waals surface area (Å²) in [5.41, 5.74) is 0.824. The normalized spacial score (nSPS) is 13.0. The van der Waals surface area contributed by atoms with E-state index in [0.29, 0.717) is 6.42 Å². The highest BCUT2D eigenvalue weighted by Gasteiger charge is 2.12. The molecule has 1 unspecified atom stereocenters. The van der Waals surface area contributed by atoms with Gasteiger partial charge in [0.1, 0.15) is 0 Å². The molecule has 0 bridgehead atoms. The number of halogens is 1. The average Bonchev–Trinajstić information content (AvgIpc) is 2.77. The van der Waals surface area contributed by atoms with Crippen molar-refractivity contribution in [2.24, 2.45) is 0 Å². The zero-order chi connectivity index (χ0) is 9.97. The third-order valence-corrected chi connectivity index (χ3v) is 3.92. The number of hydrogen-bond donors (Lipinski definition) is 2. The van der Waals surface area contributed by atoms with Gasteiger partial charge < -0.3 is 5.11 Å². The smallest absolute Gasteiger partial charge is 0.0868 e. The lowest BCUT2D eigenvalue weighted by Gasteiger charge is -2.06. The number of hydrogen-bond acceptors (Lipinski definition) is 3. The molecule has 5 heteroatoms. The van der Waals surface area contributed by atoms with Gasteiger partial charge >= 0.3 is 0 Å². The van der Waals surface area contributed by atoms with Crippen LogP contribution in [0.3, 0.4) is 0 Å². The van der Waals surface area contributed by atoms with Gasteiger partial charge in [0.05, 0.1) is 12.3 Å². The van der Waals surface area contributed by atoms with Crippen molar-refractivity contribution in [3.8, 4) is 0 Å². The summed E-state index contributed by atoms with van der Waals surface area (Å²) < 4.78 is 1.06. The molecule has 0 aliphatic heterocycles. The van der Waals surface area contributed by atoms with E-state index in [9.17, 15) is 5.11 Å². The third kappa shape index (κ3) is 2.05. The molecule has 0 fully saturated rings. The number of aliphatic hydroxyl groups excluding tert-OH is 1. The summed E-state index contributed by atoms with van der Waals surface area (Å²) in [4.78, 5) is 1.15. The molecule has 2 aromatic rings. The monoisotopic (exact) mass is 272 g/mol. The molecular weight excluding hydrogens is 264 g/mol. The first-order valence-corrected chi connectivity index (χ1v) is 5.83. The van der Waals surface area contributed by atoms with Crippen molar-refractivity contribution in [3.63, 3.8) is 0 Å². The predicted molar refractivity (Wildman–Crippen MR) is 59.3 cm³/mol. The first kappa shape index (κ1) is 9.89. The minimum atomic E-state index is -0.483. The van der Waals surface area contributed by atoms with E-state index >= 15 is 0 Å². The maximum absolute atomic E-state index is 9.83. The predicted octanol–water partition coefficient (Wildman–Crippen LogP) is 2.51. The molecule has 3 nitrogen and oxygen atoms in total. The van der Waals surface area contributed by atoms with Gasteiger partial charge in [-0.1, -0.05) is 0 Å². The Morgan fingerprint density at radius 1 is 1.64 bits per heavy atom. The first-order valence-electron chi connectivity index (χ1n) is 4.16. The number of aromatic amines is 1. The summed E-state index contributed by atoms with van der Waals surface area (Å²) in [5, 5.41) is 18.3. The van der Waals surface area contributed by atoms with Gasteiger partial charge in [-0.05, 0) is 27.4 Å². The van der Waals surface area contributed by atoms with Gasteiger partial charge in [-0.15, -0.1) is 11.3 Å². The lowest BCUT2D eigenvalue weighted by molar-refractivity contribution is 0.179. The SMILES string of the molecule is OC(Cc1sccc1Br)c1cn[nH]c1. The lowest BCUT2D eigenvalue weighted by Crippen LogP contribution is -1.99. The Kier molecular flexibility index (Phi) is 3.00. The van der Waals surface area contributed by atoms with Crippen LogP contribution in [-0.2, 0) is 6.42 Å². The van der Waals surface area contributed by atoms with Crippen LogP contribution < -0.4 is 0 Å². The maximum Gasteiger partial charge on any atom is 0.0868 e. The summed E-state index contributed by atoms with van der Waals surface area (Å²) in [6.45, 7) is 0. The van der Waals surface area contributed by atoms with E-state index in [2.05, 4.69) is 26.1 Å². The Morgan fingerprint density at radius 2 is 2.50 bits per heavy atom. The fourth-order valence-electron chi connectivity index (χ4n) is 1.21. The first-order chi connectivity index (χ1) is 6.77. The second kappa shape index (κ2) is 4.25. The molecule has 1 atom stereocenters. The van der Waals surface area contributed by atoms with Crippen LogP contribution in [0.1, 0.15) is 16.5 Å². The second-order valence-electron chi connectivity index (χ2n) is 2.94. The standard InChI is InChI=1S/C9H9BrN2OS/c10-7-1-2-14-9(7)3-8(13)6-4-11-12-5-6/h1-2,4-5,8,13H,3H2,(H,11,12). The zero-order valence-corrected chi connectivity index (χ0v) is 9.68. The molecule has 0 aliphatic carbocycles. The highest BCUT2D eigenvalue weighted by molar-refractivity contribution is 9.10. The van der Waals surface area contributed by atoms with E-state index in [1.165, 1.54) is 0 Å². The van der Waals surface area contributed by atoms with Gasteiger partial charge in [0.25, 0.3) is 0 Å². The Hall–Kier alpha value is -0.650. The van der Waals surface area contributed by atoms with E-state index in [1.54, 1.807) is 23.7 Å². The van der Waals surface area contributed by atoms with Crippen LogP contribution in [0.5, 0.6) is 0 Å². The number of thiophene rings is 1. The molecule has 0 aliphatic rings. The molecule has 0 aromatic carbocycles. The molecule has 0 saturated heterocycles. The number of nitrogens with zero attached hydrogens (tertiary/aromatic N) is 1. The number of nitrogens with one attached hydrogen (secondary N) is 1. The minimum absolute atomic E-state index is 0.483. The van der Waals surface area contributed by atoms with Crippen LogP contribution in [0.4, 0.5) is 0 Å². The zero-order valence-electron chi connectivity index (χ0n) is 7.27. The molecule has 0 spiro atoms. The van der Waals surface area contributed by atoms with Gasteiger partial charge in [-0.25, -0.2) is 0 Å². The van der Waals surface area contributed by atoms with Crippen molar-refractivity contribution in [3.05, 3.63) is 38.8 Å². The fourth-order valence-corrected chi connectivity index (χ4v) is 2.76. The van der Waals surface area contributed by atoms with Crippen molar-refractivity contribution >= 4 is 27.3 Å². The summed E-state index contributed by atoms with van der Waals surface area (Å²) in [7, 11) is 0. The minimum Gasteiger partial charge on any atom is -0.388 e. The Bertz CT molecular complexity index is 399. The lowest BCUT2D eigenvalue weighted by atomic mass is 10.1. The van der Waals surface area contributed by atoms with Gasteiger partial charge in [0.15, 0.2) is 0 Å². The number of aliphatic hydroxyl groups is 1. The molecule has 0 saturated carbocycles. The van der Waals surface area contributed by atoms with Crippen molar-refractivity contribution < 1.29 is 5.11 Å². The molecule has 2 rings (SSSR count). The highest BCUT2D eigenvalue weighted by Crippen LogP contribution is 2.27. The van der Waals surface area contributed by atoms with E-state index in [-0.39, 0.29) is 0 Å². The molecule has 2 heterocycles. The van der Waals surface area contributed by atoms with Crippen molar-refractivity contribution in [2.45, 2.75) is 12.5 Å². The van der Waals surface area contributed by atoms with Gasteiger partial charge in [0.2, 0.25) is 0 Å². The molecular formula is C9H9BrN2OS. The molecule has 14 heavy (non-hydrogen) atoms. The molecule has 74 valence electrons. The van der Waals surface area contributed by atoms with Crippen LogP contribution in [0, 0.1) is 0 Å².